The third kappa shape index (κ3) is 4.82. The first-order chi connectivity index (χ1) is 28.1. The van der Waals surface area contributed by atoms with Gasteiger partial charge in [-0.2, -0.15) is 0 Å². The van der Waals surface area contributed by atoms with Gasteiger partial charge in [-0.15, -0.1) is 0 Å². The van der Waals surface area contributed by atoms with Crippen molar-refractivity contribution in [2.45, 2.75) is 49.9 Å². The fraction of sp³-hybridized carbons (Fsp3) is 0.143. The Morgan fingerprint density at radius 1 is 0.509 bits per heavy atom. The summed E-state index contributed by atoms with van der Waals surface area (Å²) in [6.45, 7) is 6.38. The summed E-state index contributed by atoms with van der Waals surface area (Å²) in [5, 5.41) is 2.45. The summed E-state index contributed by atoms with van der Waals surface area (Å²) in [6.07, 6.45) is 8.26. The monoisotopic (exact) mass is 731 g/mol. The molecule has 8 aromatic carbocycles. The minimum atomic E-state index is -0.493. The lowest BCUT2D eigenvalue weighted by Gasteiger charge is -2.36. The summed E-state index contributed by atoms with van der Waals surface area (Å²) >= 11 is 0. The number of hydrogen-bond acceptors (Lipinski definition) is 1. The Bertz CT molecular complexity index is 2820. The molecule has 11 rings (SSSR count). The molecule has 0 atom stereocenters. The Morgan fingerprint density at radius 2 is 1.12 bits per heavy atom. The van der Waals surface area contributed by atoms with Crippen LogP contribution in [0, 0.1) is 6.92 Å². The molecule has 0 bridgehead atoms. The van der Waals surface area contributed by atoms with Gasteiger partial charge in [0.2, 0.25) is 0 Å². The first kappa shape index (κ1) is 33.9. The second-order valence-corrected chi connectivity index (χ2v) is 16.4. The van der Waals surface area contributed by atoms with E-state index in [0.717, 1.165) is 11.4 Å². The van der Waals surface area contributed by atoms with E-state index in [0.29, 0.717) is 0 Å². The summed E-state index contributed by atoms with van der Waals surface area (Å²) < 4.78 is 0. The molecular weight excluding hydrogens is 687 g/mol. The van der Waals surface area contributed by atoms with E-state index in [-0.39, 0.29) is 5.41 Å². The zero-order chi connectivity index (χ0) is 38.1. The molecule has 0 unspecified atom stereocenters. The van der Waals surface area contributed by atoms with E-state index in [4.69, 9.17) is 0 Å². The van der Waals surface area contributed by atoms with Crippen LogP contribution in [0.25, 0.3) is 39.1 Å². The smallest absolute Gasteiger partial charge is 0.0714 e. The van der Waals surface area contributed by atoms with Gasteiger partial charge in [0, 0.05) is 22.4 Å². The van der Waals surface area contributed by atoms with E-state index in [2.05, 4.69) is 194 Å². The average molecular weight is 732 g/mol. The second kappa shape index (κ2) is 13.1. The highest BCUT2D eigenvalue weighted by Crippen LogP contribution is 2.61. The predicted molar refractivity (Wildman–Crippen MR) is 240 cm³/mol. The van der Waals surface area contributed by atoms with Crippen molar-refractivity contribution < 1.29 is 0 Å². The zero-order valence-electron chi connectivity index (χ0n) is 32.5. The van der Waals surface area contributed by atoms with Crippen molar-refractivity contribution >= 4 is 33.9 Å². The van der Waals surface area contributed by atoms with Crippen LogP contribution in [0.3, 0.4) is 0 Å². The zero-order valence-corrected chi connectivity index (χ0v) is 32.5. The van der Waals surface area contributed by atoms with Crippen molar-refractivity contribution in [3.8, 4) is 22.3 Å². The molecular formula is C56H45N. The third-order valence-electron chi connectivity index (χ3n) is 13.6. The van der Waals surface area contributed by atoms with Crippen LogP contribution in [-0.4, -0.2) is 0 Å². The molecule has 8 aromatic rings. The number of aryl methyl sites for hydroxylation is 1. The van der Waals surface area contributed by atoms with Crippen LogP contribution in [0.2, 0.25) is 0 Å². The van der Waals surface area contributed by atoms with Gasteiger partial charge in [-0.05, 0) is 122 Å². The number of anilines is 3. The molecule has 0 amide bonds. The number of rotatable bonds is 6. The van der Waals surface area contributed by atoms with Crippen LogP contribution in [0.4, 0.5) is 17.1 Å². The van der Waals surface area contributed by atoms with Crippen LogP contribution in [-0.2, 0) is 10.8 Å². The maximum atomic E-state index is 4.20. The maximum absolute atomic E-state index is 4.20. The SMILES string of the molecule is C=Cc1c(C)ccc2cc(N(c3ccc4c(c3)C(c3ccccc3)(c3ccccc3)c3ccccc3-4)c3cccc4c3-c3ccccc3C43CCCCC3)ccc12. The van der Waals surface area contributed by atoms with Crippen molar-refractivity contribution in [1.29, 1.82) is 0 Å². The molecule has 0 saturated heterocycles. The van der Waals surface area contributed by atoms with Gasteiger partial charge in [0.25, 0.3) is 0 Å². The number of benzene rings is 8. The van der Waals surface area contributed by atoms with Gasteiger partial charge in [-0.25, -0.2) is 0 Å². The quantitative estimate of drug-likeness (QED) is 0.165. The van der Waals surface area contributed by atoms with E-state index < -0.39 is 5.41 Å². The molecule has 1 spiro atoms. The predicted octanol–water partition coefficient (Wildman–Crippen LogP) is 14.9. The van der Waals surface area contributed by atoms with Crippen molar-refractivity contribution in [3.63, 3.8) is 0 Å². The highest BCUT2D eigenvalue weighted by Gasteiger charge is 2.47. The first-order valence-corrected chi connectivity index (χ1v) is 20.7. The van der Waals surface area contributed by atoms with E-state index in [9.17, 15) is 0 Å². The van der Waals surface area contributed by atoms with Crippen LogP contribution in [0.15, 0.2) is 183 Å². The Kier molecular flexibility index (Phi) is 7.76. The van der Waals surface area contributed by atoms with Crippen LogP contribution < -0.4 is 4.90 Å². The van der Waals surface area contributed by atoms with E-state index in [1.807, 2.05) is 6.08 Å². The number of fused-ring (bicyclic) bond motifs is 9. The molecule has 0 aliphatic heterocycles. The molecule has 3 aliphatic rings. The molecule has 1 saturated carbocycles. The highest BCUT2D eigenvalue weighted by molar-refractivity contribution is 6.00. The van der Waals surface area contributed by atoms with E-state index >= 15 is 0 Å². The van der Waals surface area contributed by atoms with Crippen molar-refractivity contribution in [1.82, 2.24) is 0 Å². The van der Waals surface area contributed by atoms with Gasteiger partial charge in [0.1, 0.15) is 0 Å². The van der Waals surface area contributed by atoms with E-state index in [1.165, 1.54) is 115 Å². The average Bonchev–Trinajstić information content (AvgIpc) is 3.72. The van der Waals surface area contributed by atoms with Crippen LogP contribution >= 0.6 is 0 Å². The molecule has 57 heavy (non-hydrogen) atoms. The largest absolute Gasteiger partial charge is 0.310 e. The fourth-order valence-corrected chi connectivity index (χ4v) is 11.2. The number of nitrogens with zero attached hydrogens (tertiary/aromatic N) is 1. The summed E-state index contributed by atoms with van der Waals surface area (Å²) in [5.74, 6) is 0. The Balaban J connectivity index is 1.22. The topological polar surface area (TPSA) is 3.24 Å². The van der Waals surface area contributed by atoms with Crippen molar-refractivity contribution in [2.24, 2.45) is 0 Å². The molecule has 0 aromatic heterocycles. The van der Waals surface area contributed by atoms with Crippen LogP contribution in [0.5, 0.6) is 0 Å². The minimum Gasteiger partial charge on any atom is -0.310 e. The van der Waals surface area contributed by atoms with Gasteiger partial charge in [0.05, 0.1) is 11.1 Å². The Hall–Kier alpha value is -6.44. The van der Waals surface area contributed by atoms with Crippen LogP contribution in [0.1, 0.15) is 76.6 Å². The molecule has 274 valence electrons. The molecule has 0 heterocycles. The second-order valence-electron chi connectivity index (χ2n) is 16.4. The fourth-order valence-electron chi connectivity index (χ4n) is 11.2. The van der Waals surface area contributed by atoms with Gasteiger partial charge < -0.3 is 4.90 Å². The van der Waals surface area contributed by atoms with Crippen molar-refractivity contribution in [2.75, 3.05) is 4.90 Å². The molecule has 0 radical (unpaired) electrons. The number of hydrogen-bond donors (Lipinski definition) is 0. The summed E-state index contributed by atoms with van der Waals surface area (Å²) in [7, 11) is 0. The third-order valence-corrected chi connectivity index (χ3v) is 13.6. The molecule has 1 fully saturated rings. The van der Waals surface area contributed by atoms with E-state index in [1.54, 1.807) is 0 Å². The molecule has 0 N–H and O–H groups in total. The molecule has 1 heteroatoms. The first-order valence-electron chi connectivity index (χ1n) is 20.7. The lowest BCUT2D eigenvalue weighted by atomic mass is 9.67. The lowest BCUT2D eigenvalue weighted by Crippen LogP contribution is -2.28. The summed E-state index contributed by atoms with van der Waals surface area (Å²) in [6, 6.07) is 66.6. The van der Waals surface area contributed by atoms with Gasteiger partial charge in [-0.3, -0.25) is 0 Å². The standard InChI is InChI=1S/C56H45N/c1-3-44-38(2)28-29-39-36-42(30-32-45(39)44)57(53-27-17-26-51-54(53)48-23-12-13-24-49(48)55(51)34-15-6-16-35-55)43-31-33-47-46-22-11-14-25-50(46)56(52(47)37-43,40-18-7-4-8-19-40)41-20-9-5-10-21-41/h3-5,7-14,17-33,36-37H,1,6,15-16,34-35H2,2H3. The molecule has 3 aliphatic carbocycles. The molecule has 1 nitrogen and oxygen atoms in total. The Morgan fingerprint density at radius 3 is 1.86 bits per heavy atom. The van der Waals surface area contributed by atoms with Gasteiger partial charge >= 0.3 is 0 Å². The summed E-state index contributed by atoms with van der Waals surface area (Å²) in [5.41, 5.74) is 19.1. The lowest BCUT2D eigenvalue weighted by molar-refractivity contribution is 0.353. The summed E-state index contributed by atoms with van der Waals surface area (Å²) in [4.78, 5) is 2.56. The minimum absolute atomic E-state index is 0.0565. The normalized spacial score (nSPS) is 15.5. The maximum Gasteiger partial charge on any atom is 0.0714 e. The Labute approximate surface area is 336 Å². The highest BCUT2D eigenvalue weighted by atomic mass is 15.1. The van der Waals surface area contributed by atoms with Gasteiger partial charge in [-0.1, -0.05) is 178 Å². The van der Waals surface area contributed by atoms with Gasteiger partial charge in [0.15, 0.2) is 0 Å². The van der Waals surface area contributed by atoms with Crippen molar-refractivity contribution in [3.05, 3.63) is 227 Å².